The average molecular weight is 380 g/mol. The molecule has 1 N–H and O–H groups in total. The highest BCUT2D eigenvalue weighted by Crippen LogP contribution is 2.32. The molecule has 0 aliphatic heterocycles. The Hall–Kier alpha value is -2.42. The van der Waals surface area contributed by atoms with Crippen LogP contribution in [0, 0.1) is 0 Å². The van der Waals surface area contributed by atoms with Gasteiger partial charge in [0.1, 0.15) is 6.54 Å². The Morgan fingerprint density at radius 2 is 1.96 bits per heavy atom. The molecule has 0 saturated carbocycles. The fraction of sp³-hybridized carbons (Fsp3) is 0.353. The maximum Gasteiger partial charge on any atom is 0.449 e. The number of para-hydroxylation sites is 2. The lowest BCUT2D eigenvalue weighted by Crippen LogP contribution is -2.23. The summed E-state index contributed by atoms with van der Waals surface area (Å²) in [4.78, 5) is 21.5. The Balaban J connectivity index is 1.60. The zero-order valence-corrected chi connectivity index (χ0v) is 14.5. The number of carbonyl (C=O) groups is 1. The molecule has 136 valence electrons. The van der Waals surface area contributed by atoms with Crippen LogP contribution in [0.4, 0.5) is 18.3 Å². The SMILES string of the molecule is O=C(Cn1c(C(F)(F)F)nc2ccccc21)Nc1nc2c(s1)CCCC2. The van der Waals surface area contributed by atoms with Crippen molar-refractivity contribution in [2.75, 3.05) is 5.32 Å². The van der Waals surface area contributed by atoms with E-state index in [-0.39, 0.29) is 11.0 Å². The third kappa shape index (κ3) is 3.18. The van der Waals surface area contributed by atoms with Gasteiger partial charge in [-0.05, 0) is 37.8 Å². The number of hydrogen-bond donors (Lipinski definition) is 1. The molecule has 3 aromatic rings. The van der Waals surface area contributed by atoms with Gasteiger partial charge in [-0.1, -0.05) is 12.1 Å². The molecule has 4 rings (SSSR count). The molecule has 26 heavy (non-hydrogen) atoms. The number of amides is 1. The van der Waals surface area contributed by atoms with Gasteiger partial charge >= 0.3 is 6.18 Å². The van der Waals surface area contributed by atoms with Crippen LogP contribution in [0.2, 0.25) is 0 Å². The molecule has 1 aliphatic carbocycles. The highest BCUT2D eigenvalue weighted by Gasteiger charge is 2.38. The maximum absolute atomic E-state index is 13.3. The van der Waals surface area contributed by atoms with Crippen LogP contribution in [-0.2, 0) is 30.4 Å². The van der Waals surface area contributed by atoms with E-state index >= 15 is 0 Å². The molecule has 1 aromatic carbocycles. The van der Waals surface area contributed by atoms with Gasteiger partial charge in [-0.25, -0.2) is 9.97 Å². The monoisotopic (exact) mass is 380 g/mol. The predicted octanol–water partition coefficient (Wildman–Crippen LogP) is 4.03. The summed E-state index contributed by atoms with van der Waals surface area (Å²) in [5.41, 5.74) is 1.46. The van der Waals surface area contributed by atoms with E-state index in [9.17, 15) is 18.0 Å². The quantitative estimate of drug-likeness (QED) is 0.746. The average Bonchev–Trinajstić information content (AvgIpc) is 3.15. The fourth-order valence-corrected chi connectivity index (χ4v) is 4.23. The number of nitrogens with one attached hydrogen (secondary N) is 1. The lowest BCUT2D eigenvalue weighted by molar-refractivity contribution is -0.147. The van der Waals surface area contributed by atoms with E-state index in [0.29, 0.717) is 5.13 Å². The van der Waals surface area contributed by atoms with E-state index < -0.39 is 24.5 Å². The zero-order valence-electron chi connectivity index (χ0n) is 13.6. The molecule has 0 spiro atoms. The standard InChI is InChI=1S/C17H15F3N4OS/c18-17(19,20)15-21-10-5-1-3-7-12(10)24(15)9-14(25)23-16-22-11-6-2-4-8-13(11)26-16/h1,3,5,7H,2,4,6,8-9H2,(H,22,23,25). The number of hydrogen-bond acceptors (Lipinski definition) is 4. The molecule has 0 bridgehead atoms. The van der Waals surface area contributed by atoms with Crippen LogP contribution in [0.15, 0.2) is 24.3 Å². The van der Waals surface area contributed by atoms with E-state index in [0.717, 1.165) is 40.8 Å². The third-order valence-electron chi connectivity index (χ3n) is 4.30. The van der Waals surface area contributed by atoms with E-state index in [4.69, 9.17) is 0 Å². The first-order chi connectivity index (χ1) is 12.4. The number of fused-ring (bicyclic) bond motifs is 2. The summed E-state index contributed by atoms with van der Waals surface area (Å²) in [6.07, 6.45) is -0.655. The van der Waals surface area contributed by atoms with E-state index in [1.807, 2.05) is 0 Å². The van der Waals surface area contributed by atoms with E-state index in [1.54, 1.807) is 12.1 Å². The second kappa shape index (κ2) is 6.39. The van der Waals surface area contributed by atoms with Gasteiger partial charge in [0.05, 0.1) is 16.7 Å². The molecule has 0 atom stereocenters. The molecule has 2 aromatic heterocycles. The Bertz CT molecular complexity index is 953. The topological polar surface area (TPSA) is 59.8 Å². The van der Waals surface area contributed by atoms with Gasteiger partial charge < -0.3 is 9.88 Å². The van der Waals surface area contributed by atoms with Crippen molar-refractivity contribution >= 4 is 33.4 Å². The maximum atomic E-state index is 13.3. The van der Waals surface area contributed by atoms with Crippen molar-refractivity contribution in [3.05, 3.63) is 40.7 Å². The van der Waals surface area contributed by atoms with Crippen molar-refractivity contribution in [2.24, 2.45) is 0 Å². The van der Waals surface area contributed by atoms with Crippen LogP contribution < -0.4 is 5.32 Å². The minimum absolute atomic E-state index is 0.206. The number of rotatable bonds is 3. The number of halogens is 3. The Labute approximate surface area is 150 Å². The van der Waals surface area contributed by atoms with E-state index in [1.165, 1.54) is 23.5 Å². The minimum atomic E-state index is -4.64. The Morgan fingerprint density at radius 3 is 2.73 bits per heavy atom. The molecular formula is C17H15F3N4OS. The summed E-state index contributed by atoms with van der Waals surface area (Å²) < 4.78 is 40.8. The Morgan fingerprint density at radius 1 is 1.19 bits per heavy atom. The molecule has 1 aliphatic rings. The Kier molecular flexibility index (Phi) is 4.18. The molecule has 0 unspecified atom stereocenters. The second-order valence-corrected chi connectivity index (χ2v) is 7.24. The molecule has 0 radical (unpaired) electrons. The zero-order chi connectivity index (χ0) is 18.3. The lowest BCUT2D eigenvalue weighted by atomic mass is 10.0. The number of thiazole rings is 1. The molecule has 1 amide bonds. The summed E-state index contributed by atoms with van der Waals surface area (Å²) in [5.74, 6) is -1.63. The molecule has 0 saturated heterocycles. The number of carbonyl (C=O) groups excluding carboxylic acids is 1. The van der Waals surface area contributed by atoms with Gasteiger partial charge in [-0.3, -0.25) is 4.79 Å². The number of imidazole rings is 1. The van der Waals surface area contributed by atoms with Crippen LogP contribution in [-0.4, -0.2) is 20.4 Å². The number of aromatic nitrogens is 3. The highest BCUT2D eigenvalue weighted by molar-refractivity contribution is 7.15. The molecular weight excluding hydrogens is 365 g/mol. The smallest absolute Gasteiger partial charge is 0.311 e. The number of aryl methyl sites for hydroxylation is 2. The van der Waals surface area contributed by atoms with Crippen molar-refractivity contribution in [1.29, 1.82) is 0 Å². The van der Waals surface area contributed by atoms with Crippen LogP contribution >= 0.6 is 11.3 Å². The van der Waals surface area contributed by atoms with Gasteiger partial charge in [0, 0.05) is 4.88 Å². The second-order valence-electron chi connectivity index (χ2n) is 6.15. The van der Waals surface area contributed by atoms with Crippen LogP contribution in [0.5, 0.6) is 0 Å². The first-order valence-electron chi connectivity index (χ1n) is 8.23. The largest absolute Gasteiger partial charge is 0.449 e. The highest BCUT2D eigenvalue weighted by atomic mass is 32.1. The van der Waals surface area contributed by atoms with Gasteiger partial charge in [0.25, 0.3) is 0 Å². The number of anilines is 1. The minimum Gasteiger partial charge on any atom is -0.311 e. The van der Waals surface area contributed by atoms with Crippen LogP contribution in [0.25, 0.3) is 11.0 Å². The first-order valence-corrected chi connectivity index (χ1v) is 9.04. The summed E-state index contributed by atoms with van der Waals surface area (Å²) in [5, 5.41) is 3.08. The van der Waals surface area contributed by atoms with Crippen molar-refractivity contribution in [3.8, 4) is 0 Å². The molecule has 9 heteroatoms. The van der Waals surface area contributed by atoms with Crippen LogP contribution in [0.1, 0.15) is 29.2 Å². The van der Waals surface area contributed by atoms with Gasteiger partial charge in [0.15, 0.2) is 5.13 Å². The normalized spacial score (nSPS) is 14.4. The van der Waals surface area contributed by atoms with Crippen LogP contribution in [0.3, 0.4) is 0 Å². The number of alkyl halides is 3. The van der Waals surface area contributed by atoms with Gasteiger partial charge in [0.2, 0.25) is 11.7 Å². The number of benzene rings is 1. The molecule has 0 fully saturated rings. The third-order valence-corrected chi connectivity index (χ3v) is 5.37. The predicted molar refractivity (Wildman–Crippen MR) is 92.1 cm³/mol. The van der Waals surface area contributed by atoms with Gasteiger partial charge in [-0.15, -0.1) is 11.3 Å². The fourth-order valence-electron chi connectivity index (χ4n) is 3.16. The summed E-state index contributed by atoms with van der Waals surface area (Å²) in [6.45, 7) is -0.473. The summed E-state index contributed by atoms with van der Waals surface area (Å²) in [7, 11) is 0. The number of nitrogens with zero attached hydrogens (tertiary/aromatic N) is 3. The lowest BCUT2D eigenvalue weighted by Gasteiger charge is -2.10. The summed E-state index contributed by atoms with van der Waals surface area (Å²) in [6, 6.07) is 6.24. The van der Waals surface area contributed by atoms with Crippen molar-refractivity contribution in [3.63, 3.8) is 0 Å². The van der Waals surface area contributed by atoms with Crippen molar-refractivity contribution in [1.82, 2.24) is 14.5 Å². The first kappa shape index (κ1) is 17.0. The molecule has 2 heterocycles. The van der Waals surface area contributed by atoms with Crippen molar-refractivity contribution in [2.45, 2.75) is 38.4 Å². The van der Waals surface area contributed by atoms with Gasteiger partial charge in [-0.2, -0.15) is 13.2 Å². The van der Waals surface area contributed by atoms with E-state index in [2.05, 4.69) is 15.3 Å². The molecule has 5 nitrogen and oxygen atoms in total. The van der Waals surface area contributed by atoms with Crippen molar-refractivity contribution < 1.29 is 18.0 Å². The summed E-state index contributed by atoms with van der Waals surface area (Å²) >= 11 is 1.40.